The fraction of sp³-hybridized carbons (Fsp3) is 0.538. The van der Waals surface area contributed by atoms with E-state index in [0.29, 0.717) is 6.54 Å². The Morgan fingerprint density at radius 2 is 2.31 bits per heavy atom. The van der Waals surface area contributed by atoms with Gasteiger partial charge in [-0.2, -0.15) is 0 Å². The second-order valence-corrected chi connectivity index (χ2v) is 4.53. The normalized spacial score (nSPS) is 21.2. The van der Waals surface area contributed by atoms with Gasteiger partial charge in [-0.1, -0.05) is 18.2 Å². The number of hydrogen-bond acceptors (Lipinski definition) is 3. The van der Waals surface area contributed by atoms with Crippen molar-refractivity contribution >= 4 is 5.69 Å². The lowest BCUT2D eigenvalue weighted by Crippen LogP contribution is -2.39. The molecule has 16 heavy (non-hydrogen) atoms. The van der Waals surface area contributed by atoms with Gasteiger partial charge >= 0.3 is 0 Å². The van der Waals surface area contributed by atoms with E-state index in [2.05, 4.69) is 24.0 Å². The van der Waals surface area contributed by atoms with E-state index in [0.717, 1.165) is 25.9 Å². The zero-order valence-electron chi connectivity index (χ0n) is 9.82. The van der Waals surface area contributed by atoms with E-state index in [9.17, 15) is 5.11 Å². The summed E-state index contributed by atoms with van der Waals surface area (Å²) in [6.45, 7) is 4.42. The number of β-amino-alcohol motifs (C(OH)–C–C–N with tert-alkyl or cyclic N) is 1. The maximum atomic E-state index is 9.72. The largest absolute Gasteiger partial charge is 0.391 e. The van der Waals surface area contributed by atoms with Gasteiger partial charge in [0.25, 0.3) is 0 Å². The quantitative estimate of drug-likeness (QED) is 0.792. The lowest BCUT2D eigenvalue weighted by Gasteiger charge is -2.34. The third-order valence-electron chi connectivity index (χ3n) is 3.25. The van der Waals surface area contributed by atoms with E-state index >= 15 is 0 Å². The lowest BCUT2D eigenvalue weighted by molar-refractivity contribution is 0.154. The molecule has 1 heterocycles. The van der Waals surface area contributed by atoms with Crippen molar-refractivity contribution in [3.8, 4) is 0 Å². The molecular weight excluding hydrogens is 200 g/mol. The Balaban J connectivity index is 2.30. The first kappa shape index (κ1) is 11.4. The van der Waals surface area contributed by atoms with Gasteiger partial charge in [-0.3, -0.25) is 0 Å². The van der Waals surface area contributed by atoms with Crippen LogP contribution in [0, 0.1) is 6.92 Å². The van der Waals surface area contributed by atoms with Crippen LogP contribution in [0.25, 0.3) is 0 Å². The van der Waals surface area contributed by atoms with Crippen LogP contribution in [0.4, 0.5) is 5.69 Å². The van der Waals surface area contributed by atoms with Gasteiger partial charge in [-0.15, -0.1) is 0 Å². The van der Waals surface area contributed by atoms with Crippen LogP contribution in [0.2, 0.25) is 0 Å². The lowest BCUT2D eigenvalue weighted by atomic mass is 10.0. The maximum absolute atomic E-state index is 9.72. The SMILES string of the molecule is Cc1cccc(CN)c1N1CCCC(O)C1. The molecule has 1 aliphatic heterocycles. The van der Waals surface area contributed by atoms with Crippen molar-refractivity contribution in [2.45, 2.75) is 32.4 Å². The van der Waals surface area contributed by atoms with Crippen LogP contribution < -0.4 is 10.6 Å². The number of aliphatic hydroxyl groups is 1. The van der Waals surface area contributed by atoms with Gasteiger partial charge in [0.2, 0.25) is 0 Å². The Hall–Kier alpha value is -1.06. The zero-order valence-corrected chi connectivity index (χ0v) is 9.82. The average molecular weight is 220 g/mol. The number of rotatable bonds is 2. The highest BCUT2D eigenvalue weighted by Crippen LogP contribution is 2.27. The number of nitrogens with zero attached hydrogens (tertiary/aromatic N) is 1. The molecule has 3 nitrogen and oxygen atoms in total. The van der Waals surface area contributed by atoms with Crippen molar-refractivity contribution in [2.75, 3.05) is 18.0 Å². The molecule has 3 heteroatoms. The van der Waals surface area contributed by atoms with E-state index in [-0.39, 0.29) is 6.10 Å². The fourth-order valence-corrected chi connectivity index (χ4v) is 2.49. The van der Waals surface area contributed by atoms with Crippen LogP contribution >= 0.6 is 0 Å². The minimum Gasteiger partial charge on any atom is -0.391 e. The summed E-state index contributed by atoms with van der Waals surface area (Å²) in [7, 11) is 0. The molecular formula is C13H20N2O. The monoisotopic (exact) mass is 220 g/mol. The minimum absolute atomic E-state index is 0.195. The van der Waals surface area contributed by atoms with Gasteiger partial charge in [0.05, 0.1) is 6.10 Å². The van der Waals surface area contributed by atoms with Gasteiger partial charge in [0, 0.05) is 25.3 Å². The molecule has 1 aromatic rings. The highest BCUT2D eigenvalue weighted by atomic mass is 16.3. The molecule has 2 rings (SSSR count). The van der Waals surface area contributed by atoms with Crippen LogP contribution in [-0.4, -0.2) is 24.3 Å². The first-order valence-electron chi connectivity index (χ1n) is 5.94. The molecule has 0 amide bonds. The van der Waals surface area contributed by atoms with E-state index in [1.807, 2.05) is 6.07 Å². The third-order valence-corrected chi connectivity index (χ3v) is 3.25. The summed E-state index contributed by atoms with van der Waals surface area (Å²) in [6.07, 6.45) is 1.78. The zero-order chi connectivity index (χ0) is 11.5. The van der Waals surface area contributed by atoms with E-state index in [1.54, 1.807) is 0 Å². The van der Waals surface area contributed by atoms with Crippen molar-refractivity contribution < 1.29 is 5.11 Å². The van der Waals surface area contributed by atoms with Crippen LogP contribution in [0.3, 0.4) is 0 Å². The molecule has 0 saturated carbocycles. The van der Waals surface area contributed by atoms with Crippen molar-refractivity contribution in [3.63, 3.8) is 0 Å². The Bertz CT molecular complexity index is 365. The van der Waals surface area contributed by atoms with Crippen molar-refractivity contribution in [1.82, 2.24) is 0 Å². The molecule has 0 radical (unpaired) electrons. The second kappa shape index (κ2) is 4.85. The first-order valence-corrected chi connectivity index (χ1v) is 5.94. The number of anilines is 1. The summed E-state index contributed by atoms with van der Waals surface area (Å²) in [5.74, 6) is 0. The molecule has 1 aliphatic rings. The van der Waals surface area contributed by atoms with E-state index < -0.39 is 0 Å². The average Bonchev–Trinajstić information content (AvgIpc) is 2.28. The van der Waals surface area contributed by atoms with Gasteiger partial charge < -0.3 is 15.7 Å². The van der Waals surface area contributed by atoms with Gasteiger partial charge in [-0.05, 0) is 30.9 Å². The Labute approximate surface area is 96.9 Å². The Morgan fingerprint density at radius 3 is 3.00 bits per heavy atom. The summed E-state index contributed by atoms with van der Waals surface area (Å²) < 4.78 is 0. The van der Waals surface area contributed by atoms with E-state index in [4.69, 9.17) is 5.73 Å². The Morgan fingerprint density at radius 1 is 1.50 bits per heavy atom. The predicted molar refractivity (Wildman–Crippen MR) is 66.5 cm³/mol. The van der Waals surface area contributed by atoms with Crippen LogP contribution in [0.1, 0.15) is 24.0 Å². The molecule has 1 aromatic carbocycles. The van der Waals surface area contributed by atoms with Crippen LogP contribution in [0.5, 0.6) is 0 Å². The van der Waals surface area contributed by atoms with Crippen molar-refractivity contribution in [2.24, 2.45) is 5.73 Å². The molecule has 0 spiro atoms. The van der Waals surface area contributed by atoms with Crippen molar-refractivity contribution in [1.29, 1.82) is 0 Å². The number of para-hydroxylation sites is 1. The number of nitrogens with two attached hydrogens (primary N) is 1. The second-order valence-electron chi connectivity index (χ2n) is 4.53. The molecule has 1 unspecified atom stereocenters. The highest BCUT2D eigenvalue weighted by molar-refractivity contribution is 5.59. The smallest absolute Gasteiger partial charge is 0.0715 e. The van der Waals surface area contributed by atoms with Crippen molar-refractivity contribution in [3.05, 3.63) is 29.3 Å². The van der Waals surface area contributed by atoms with Crippen LogP contribution in [0.15, 0.2) is 18.2 Å². The number of aryl methyl sites for hydroxylation is 1. The number of benzene rings is 1. The standard InChI is InChI=1S/C13H20N2O/c1-10-4-2-5-11(8-14)13(10)15-7-3-6-12(16)9-15/h2,4-5,12,16H,3,6-9,14H2,1H3. The highest BCUT2D eigenvalue weighted by Gasteiger charge is 2.20. The topological polar surface area (TPSA) is 49.5 Å². The Kier molecular flexibility index (Phi) is 3.46. The minimum atomic E-state index is -0.195. The maximum Gasteiger partial charge on any atom is 0.0715 e. The molecule has 0 bridgehead atoms. The summed E-state index contributed by atoms with van der Waals surface area (Å²) >= 11 is 0. The number of aliphatic hydroxyl groups excluding tert-OH is 1. The summed E-state index contributed by atoms with van der Waals surface area (Å²) in [6, 6.07) is 6.22. The fourth-order valence-electron chi connectivity index (χ4n) is 2.49. The predicted octanol–water partition coefficient (Wildman–Crippen LogP) is 1.41. The molecule has 88 valence electrons. The summed E-state index contributed by atoms with van der Waals surface area (Å²) in [5.41, 5.74) is 9.42. The number of hydrogen-bond donors (Lipinski definition) is 2. The molecule has 1 saturated heterocycles. The molecule has 0 aliphatic carbocycles. The van der Waals surface area contributed by atoms with E-state index in [1.165, 1.54) is 16.8 Å². The summed E-state index contributed by atoms with van der Waals surface area (Å²) in [4.78, 5) is 2.27. The molecule has 3 N–H and O–H groups in total. The van der Waals surface area contributed by atoms with Gasteiger partial charge in [-0.25, -0.2) is 0 Å². The molecule has 1 fully saturated rings. The van der Waals surface area contributed by atoms with Crippen LogP contribution in [-0.2, 0) is 6.54 Å². The summed E-state index contributed by atoms with van der Waals surface area (Å²) in [5, 5.41) is 9.72. The molecule has 1 atom stereocenters. The number of piperidine rings is 1. The van der Waals surface area contributed by atoms with Gasteiger partial charge in [0.1, 0.15) is 0 Å². The molecule has 0 aromatic heterocycles. The third kappa shape index (κ3) is 2.20. The first-order chi connectivity index (χ1) is 7.72. The van der Waals surface area contributed by atoms with Gasteiger partial charge in [0.15, 0.2) is 0 Å².